The highest BCUT2D eigenvalue weighted by molar-refractivity contribution is 4.61. The van der Waals surface area contributed by atoms with Gasteiger partial charge in [-0.1, -0.05) is 0 Å². The van der Waals surface area contributed by atoms with Crippen LogP contribution in [0.1, 0.15) is 0 Å². The summed E-state index contributed by atoms with van der Waals surface area (Å²) >= 11 is 0. The largest absolute Gasteiger partial charge is 0.480 e. The van der Waals surface area contributed by atoms with Crippen molar-refractivity contribution in [3.8, 4) is 0 Å². The van der Waals surface area contributed by atoms with Crippen molar-refractivity contribution < 1.29 is 54.5 Å². The van der Waals surface area contributed by atoms with Crippen molar-refractivity contribution in [2.75, 3.05) is 13.2 Å². The summed E-state index contributed by atoms with van der Waals surface area (Å²) in [6.45, 7) is -2.28. The molecule has 28 heavy (non-hydrogen) atoms. The second-order valence-corrected chi connectivity index (χ2v) is 4.14. The molecule has 0 aromatic rings. The summed E-state index contributed by atoms with van der Waals surface area (Å²) in [6.07, 6.45) is -8.19. The maximum absolute atomic E-state index is 11.4. The topological polar surface area (TPSA) is 300 Å². The van der Waals surface area contributed by atoms with Crippen LogP contribution in [0.4, 0.5) is 0 Å². The molecule has 0 aliphatic carbocycles. The maximum Gasteiger partial charge on any atom is 0.480 e. The third kappa shape index (κ3) is 10.7. The highest BCUT2D eigenvalue weighted by Gasteiger charge is 2.36. The normalized spacial score (nSPS) is 14.4. The van der Waals surface area contributed by atoms with Gasteiger partial charge in [-0.2, -0.15) is 9.68 Å². The summed E-state index contributed by atoms with van der Waals surface area (Å²) in [5, 5.41) is 34.3. The van der Waals surface area contributed by atoms with Gasteiger partial charge < -0.3 is 19.4 Å². The van der Waals surface area contributed by atoms with E-state index in [1.165, 1.54) is 0 Å². The lowest BCUT2D eigenvalue weighted by Gasteiger charge is -2.17. The zero-order chi connectivity index (χ0) is 21.9. The van der Waals surface area contributed by atoms with Crippen molar-refractivity contribution in [1.29, 1.82) is 0 Å². The molecule has 0 aliphatic rings. The number of hydrogen-bond donors (Lipinski definition) is 2. The van der Waals surface area contributed by atoms with Crippen LogP contribution in [0, 0.1) is 45.4 Å². The number of hydrogen-bond acceptors (Lipinski definition) is 17. The minimum absolute atomic E-state index is 0.903. The molecule has 22 nitrogen and oxygen atoms in total. The van der Waals surface area contributed by atoms with Crippen LogP contribution >= 0.6 is 0 Å². The smallest absolute Gasteiger partial charge is 0.311 e. The Morgan fingerprint density at radius 1 is 0.607 bits per heavy atom. The molecule has 4 N–H and O–H groups in total. The lowest BCUT2D eigenvalue weighted by molar-refractivity contribution is -0.997. The molecule has 0 rings (SSSR count). The quantitative estimate of drug-likeness (QED) is 0.140. The summed E-state index contributed by atoms with van der Waals surface area (Å²) < 4.78 is 0. The van der Waals surface area contributed by atoms with Gasteiger partial charge in [0.2, 0.25) is 0 Å². The molecule has 0 aromatic carbocycles. The predicted molar refractivity (Wildman–Crippen MR) is 71.4 cm³/mol. The van der Waals surface area contributed by atoms with Crippen LogP contribution in [0.15, 0.2) is 0 Å². The van der Waals surface area contributed by atoms with E-state index < -0.39 is 63.3 Å². The molecular formula is C6H12N7O15+. The fraction of sp³-hybridized carbons (Fsp3) is 1.00. The summed E-state index contributed by atoms with van der Waals surface area (Å²) in [5.41, 5.74) is 10.4. The SMILES string of the molecule is NC(O[N+](=O)OC(N)[C@H](CO[N+](=O)[O-])O[N+](=O)[O-])[C@H](CO[N+](=O)[O-])O[N+](=O)[O-]. The van der Waals surface area contributed by atoms with E-state index in [-0.39, 0.29) is 0 Å². The standard InChI is InChI=1S/C6H12N7O15/c7-5(3(25-11(18)19)1-23-9(14)15)27-13(22)28-6(8)4(26-12(20)21)2-24-10(16)17/h3-6H,1-2,7-8H2/q+1/t3-,4-,5?,6?/m0/s1. The molecule has 2 unspecified atom stereocenters. The van der Waals surface area contributed by atoms with E-state index in [9.17, 15) is 45.4 Å². The molecule has 0 spiro atoms. The van der Waals surface area contributed by atoms with E-state index in [1.807, 2.05) is 0 Å². The zero-order valence-corrected chi connectivity index (χ0v) is 13.2. The fourth-order valence-corrected chi connectivity index (χ4v) is 1.22. The van der Waals surface area contributed by atoms with Gasteiger partial charge in [0.15, 0.2) is 12.2 Å². The zero-order valence-electron chi connectivity index (χ0n) is 13.2. The Labute approximate surface area is 150 Å². The summed E-state index contributed by atoms with van der Waals surface area (Å²) in [4.78, 5) is 76.1. The van der Waals surface area contributed by atoms with Crippen molar-refractivity contribution in [3.05, 3.63) is 45.4 Å². The van der Waals surface area contributed by atoms with Crippen LogP contribution in [0.5, 0.6) is 0 Å². The van der Waals surface area contributed by atoms with Crippen molar-refractivity contribution >= 4 is 0 Å². The van der Waals surface area contributed by atoms with Crippen molar-refractivity contribution in [1.82, 2.24) is 0 Å². The lowest BCUT2D eigenvalue weighted by atomic mass is 10.3. The Hall–Kier alpha value is -4.08. The van der Waals surface area contributed by atoms with Crippen LogP contribution in [0.2, 0.25) is 0 Å². The lowest BCUT2D eigenvalue weighted by Crippen LogP contribution is -2.48. The Balaban J connectivity index is 4.84. The monoisotopic (exact) mass is 422 g/mol. The minimum atomic E-state index is -2.10. The van der Waals surface area contributed by atoms with Gasteiger partial charge in [0.05, 0.1) is 0 Å². The first-order valence-electron chi connectivity index (χ1n) is 6.41. The molecule has 0 aromatic heterocycles. The highest BCUT2D eigenvalue weighted by Crippen LogP contribution is 2.06. The van der Waals surface area contributed by atoms with Crippen LogP contribution in [-0.4, -0.2) is 63.3 Å². The van der Waals surface area contributed by atoms with Gasteiger partial charge in [0.1, 0.15) is 18.1 Å². The van der Waals surface area contributed by atoms with Crippen LogP contribution in [0.25, 0.3) is 0 Å². The van der Waals surface area contributed by atoms with Gasteiger partial charge in [-0.25, -0.2) is 0 Å². The number of rotatable bonds is 16. The molecular weight excluding hydrogens is 410 g/mol. The van der Waals surface area contributed by atoms with Gasteiger partial charge in [0.25, 0.3) is 32.8 Å². The van der Waals surface area contributed by atoms with Gasteiger partial charge in [-0.05, 0) is 0 Å². The molecule has 0 bridgehead atoms. The summed E-state index contributed by atoms with van der Waals surface area (Å²) in [5.74, 6) is 0. The Morgan fingerprint density at radius 3 is 1.18 bits per heavy atom. The van der Waals surface area contributed by atoms with Crippen LogP contribution in [-0.2, 0) is 29.0 Å². The average Bonchev–Trinajstić information content (AvgIpc) is 2.53. The first-order chi connectivity index (χ1) is 12.9. The summed E-state index contributed by atoms with van der Waals surface area (Å²) in [6, 6.07) is 0. The van der Waals surface area contributed by atoms with Crippen molar-refractivity contribution in [2.45, 2.75) is 24.7 Å². The summed E-state index contributed by atoms with van der Waals surface area (Å²) in [7, 11) is 0. The fourth-order valence-electron chi connectivity index (χ4n) is 1.22. The first-order valence-corrected chi connectivity index (χ1v) is 6.41. The number of nitrogens with zero attached hydrogens (tertiary/aromatic N) is 5. The highest BCUT2D eigenvalue weighted by atomic mass is 17.0. The van der Waals surface area contributed by atoms with E-state index >= 15 is 0 Å². The van der Waals surface area contributed by atoms with Crippen molar-refractivity contribution in [3.63, 3.8) is 0 Å². The third-order valence-electron chi connectivity index (χ3n) is 2.28. The van der Waals surface area contributed by atoms with Gasteiger partial charge in [-0.3, -0.25) is 11.5 Å². The molecule has 0 fully saturated rings. The van der Waals surface area contributed by atoms with E-state index in [0.29, 0.717) is 0 Å². The van der Waals surface area contributed by atoms with E-state index in [2.05, 4.69) is 29.0 Å². The van der Waals surface area contributed by atoms with E-state index in [1.54, 1.807) is 0 Å². The molecule has 0 saturated carbocycles. The molecule has 22 heteroatoms. The maximum atomic E-state index is 11.4. The van der Waals surface area contributed by atoms with Crippen LogP contribution in [0.3, 0.4) is 0 Å². The molecule has 0 heterocycles. The van der Waals surface area contributed by atoms with Gasteiger partial charge >= 0.3 is 5.09 Å². The van der Waals surface area contributed by atoms with E-state index in [4.69, 9.17) is 11.5 Å². The molecule has 0 aliphatic heterocycles. The first kappa shape index (κ1) is 23.9. The number of nitrogens with two attached hydrogens (primary N) is 2. The molecule has 0 radical (unpaired) electrons. The van der Waals surface area contributed by atoms with Crippen LogP contribution < -0.4 is 11.5 Å². The average molecular weight is 422 g/mol. The van der Waals surface area contributed by atoms with Gasteiger partial charge in [0, 0.05) is 0 Å². The van der Waals surface area contributed by atoms with E-state index in [0.717, 1.165) is 0 Å². The predicted octanol–water partition coefficient (Wildman–Crippen LogP) is -3.23. The second-order valence-electron chi connectivity index (χ2n) is 4.14. The molecule has 0 saturated heterocycles. The molecule has 160 valence electrons. The third-order valence-corrected chi connectivity index (χ3v) is 2.28. The molecule has 4 atom stereocenters. The Kier molecular flexibility index (Phi) is 9.84. The van der Waals surface area contributed by atoms with Crippen molar-refractivity contribution in [2.24, 2.45) is 11.5 Å². The minimum Gasteiger partial charge on any atom is -0.311 e. The Bertz CT molecular complexity index is 537. The second kappa shape index (κ2) is 11.5. The Morgan fingerprint density at radius 2 is 0.929 bits per heavy atom. The molecule has 0 amide bonds. The van der Waals surface area contributed by atoms with Gasteiger partial charge in [-0.15, -0.1) is 40.5 Å².